The summed E-state index contributed by atoms with van der Waals surface area (Å²) in [6, 6.07) is 7.70. The second-order valence-electron chi connectivity index (χ2n) is 3.64. The van der Waals surface area contributed by atoms with E-state index in [0.29, 0.717) is 0 Å². The Hall–Kier alpha value is -1.60. The van der Waals surface area contributed by atoms with Gasteiger partial charge in [0.1, 0.15) is 4.90 Å². The first-order chi connectivity index (χ1) is 8.40. The minimum Gasteiger partial charge on any atom is -0.210 e. The van der Waals surface area contributed by atoms with Gasteiger partial charge >= 0.3 is 0 Å². The van der Waals surface area contributed by atoms with E-state index in [4.69, 9.17) is 22.1 Å². The monoisotopic (exact) mass is 283 g/mol. The van der Waals surface area contributed by atoms with Gasteiger partial charge in [0.2, 0.25) is 10.0 Å². The average Bonchev–Trinajstić information content (AvgIpc) is 2.35. The lowest BCUT2D eigenvalue weighted by Crippen LogP contribution is -2.28. The molecule has 0 aliphatic carbocycles. The maximum absolute atomic E-state index is 11.9. The third kappa shape index (κ3) is 3.44. The highest BCUT2D eigenvalue weighted by molar-refractivity contribution is 7.89. The fourth-order valence-corrected chi connectivity index (χ4v) is 2.82. The molecule has 0 fully saturated rings. The minimum atomic E-state index is -3.76. The van der Waals surface area contributed by atoms with Crippen LogP contribution in [0.2, 0.25) is 5.02 Å². The molecule has 0 bridgehead atoms. The highest BCUT2D eigenvalue weighted by Gasteiger charge is 2.18. The predicted octanol–water partition coefficient (Wildman–Crippen LogP) is 1.65. The Balaban J connectivity index is 3.00. The average molecular weight is 284 g/mol. The lowest BCUT2D eigenvalue weighted by molar-refractivity contribution is 0.573. The van der Waals surface area contributed by atoms with Gasteiger partial charge in [-0.2, -0.15) is 10.5 Å². The van der Waals surface area contributed by atoms with Crippen molar-refractivity contribution in [2.24, 2.45) is 5.92 Å². The predicted molar refractivity (Wildman–Crippen MR) is 66.1 cm³/mol. The molecule has 0 saturated heterocycles. The van der Waals surface area contributed by atoms with Gasteiger partial charge < -0.3 is 0 Å². The highest BCUT2D eigenvalue weighted by Crippen LogP contribution is 2.22. The molecular weight excluding hydrogens is 274 g/mol. The molecule has 0 saturated carbocycles. The molecule has 1 aromatic carbocycles. The zero-order valence-electron chi connectivity index (χ0n) is 9.51. The van der Waals surface area contributed by atoms with Crippen LogP contribution in [-0.2, 0) is 10.0 Å². The molecule has 0 aliphatic rings. The summed E-state index contributed by atoms with van der Waals surface area (Å²) in [5.41, 5.74) is 0.282. The molecule has 94 valence electrons. The third-order valence-corrected chi connectivity index (χ3v) is 4.06. The Bertz CT molecular complexity index is 629. The number of hydrogen-bond donors (Lipinski definition) is 1. The molecule has 0 heterocycles. The normalized spacial score (nSPS) is 12.4. The van der Waals surface area contributed by atoms with Crippen LogP contribution in [0, 0.1) is 28.6 Å². The summed E-state index contributed by atoms with van der Waals surface area (Å²) in [6.45, 7) is 1.61. The third-order valence-electron chi connectivity index (χ3n) is 2.15. The Morgan fingerprint density at radius 1 is 1.44 bits per heavy atom. The van der Waals surface area contributed by atoms with Crippen molar-refractivity contribution in [3.8, 4) is 12.1 Å². The van der Waals surface area contributed by atoms with Gasteiger partial charge in [0, 0.05) is 6.54 Å². The molecule has 5 nitrogen and oxygen atoms in total. The number of rotatable bonds is 4. The van der Waals surface area contributed by atoms with Crippen molar-refractivity contribution in [2.75, 3.05) is 6.54 Å². The number of nitrogens with zero attached hydrogens (tertiary/aromatic N) is 2. The zero-order chi connectivity index (χ0) is 13.8. The second-order valence-corrected chi connectivity index (χ2v) is 5.78. The number of benzene rings is 1. The van der Waals surface area contributed by atoms with Crippen molar-refractivity contribution in [2.45, 2.75) is 11.8 Å². The Morgan fingerprint density at radius 2 is 2.11 bits per heavy atom. The van der Waals surface area contributed by atoms with Crippen LogP contribution in [0.1, 0.15) is 12.5 Å². The van der Waals surface area contributed by atoms with Crippen LogP contribution < -0.4 is 4.72 Å². The van der Waals surface area contributed by atoms with E-state index in [9.17, 15) is 8.42 Å². The van der Waals surface area contributed by atoms with E-state index in [2.05, 4.69) is 4.72 Å². The van der Waals surface area contributed by atoms with Gasteiger partial charge in [-0.1, -0.05) is 11.6 Å². The molecule has 1 unspecified atom stereocenters. The minimum absolute atomic E-state index is 0.00909. The maximum Gasteiger partial charge on any atom is 0.242 e. The second kappa shape index (κ2) is 5.83. The molecule has 0 spiro atoms. The Morgan fingerprint density at radius 3 is 2.61 bits per heavy atom. The number of nitriles is 2. The van der Waals surface area contributed by atoms with Crippen LogP contribution in [0.5, 0.6) is 0 Å². The smallest absolute Gasteiger partial charge is 0.210 e. The number of halogens is 1. The lowest BCUT2D eigenvalue weighted by Gasteiger charge is -2.09. The lowest BCUT2D eigenvalue weighted by atomic mass is 10.2. The van der Waals surface area contributed by atoms with Gasteiger partial charge in [-0.05, 0) is 25.1 Å². The van der Waals surface area contributed by atoms with Crippen LogP contribution in [0.3, 0.4) is 0 Å². The van der Waals surface area contributed by atoms with Crippen molar-refractivity contribution < 1.29 is 8.42 Å². The summed E-state index contributed by atoms with van der Waals surface area (Å²) in [4.78, 5) is -0.103. The standard InChI is InChI=1S/C11H10ClN3O2S/c1-8(5-13)7-15-18(16,17)11-3-2-9(6-14)4-10(11)12/h2-4,8,15H,7H2,1H3. The Kier molecular flexibility index (Phi) is 4.69. The first-order valence-electron chi connectivity index (χ1n) is 4.99. The zero-order valence-corrected chi connectivity index (χ0v) is 11.1. The highest BCUT2D eigenvalue weighted by atomic mass is 35.5. The van der Waals surface area contributed by atoms with E-state index in [0.717, 1.165) is 0 Å². The molecule has 0 radical (unpaired) electrons. The van der Waals surface area contributed by atoms with Gasteiger partial charge in [-0.15, -0.1) is 0 Å². The molecule has 1 rings (SSSR count). The Labute approximate surface area is 111 Å². The summed E-state index contributed by atoms with van der Waals surface area (Å²) >= 11 is 5.81. The van der Waals surface area contributed by atoms with Crippen LogP contribution in [0.15, 0.2) is 23.1 Å². The van der Waals surface area contributed by atoms with Crippen molar-refractivity contribution in [3.05, 3.63) is 28.8 Å². The molecule has 1 atom stereocenters. The van der Waals surface area contributed by atoms with E-state index in [-0.39, 0.29) is 22.0 Å². The number of nitrogens with one attached hydrogen (secondary N) is 1. The van der Waals surface area contributed by atoms with Crippen LogP contribution in [-0.4, -0.2) is 15.0 Å². The van der Waals surface area contributed by atoms with E-state index < -0.39 is 15.9 Å². The van der Waals surface area contributed by atoms with E-state index >= 15 is 0 Å². The topological polar surface area (TPSA) is 93.8 Å². The molecule has 1 aromatic rings. The largest absolute Gasteiger partial charge is 0.242 e. The summed E-state index contributed by atoms with van der Waals surface area (Å²) in [7, 11) is -3.76. The van der Waals surface area contributed by atoms with E-state index in [1.165, 1.54) is 18.2 Å². The number of hydrogen-bond acceptors (Lipinski definition) is 4. The first kappa shape index (κ1) is 14.5. The van der Waals surface area contributed by atoms with Crippen molar-refractivity contribution in [1.82, 2.24) is 4.72 Å². The van der Waals surface area contributed by atoms with Gasteiger partial charge in [0.25, 0.3) is 0 Å². The molecule has 1 N–H and O–H groups in total. The first-order valence-corrected chi connectivity index (χ1v) is 6.85. The summed E-state index contributed by atoms with van der Waals surface area (Å²) in [6.07, 6.45) is 0. The quantitative estimate of drug-likeness (QED) is 0.909. The molecule has 18 heavy (non-hydrogen) atoms. The van der Waals surface area contributed by atoms with E-state index in [1.807, 2.05) is 12.1 Å². The maximum atomic E-state index is 11.9. The summed E-state index contributed by atoms with van der Waals surface area (Å²) in [5, 5.41) is 17.2. The van der Waals surface area contributed by atoms with Crippen molar-refractivity contribution in [1.29, 1.82) is 10.5 Å². The van der Waals surface area contributed by atoms with Crippen LogP contribution in [0.4, 0.5) is 0 Å². The fourth-order valence-electron chi connectivity index (χ4n) is 1.15. The van der Waals surface area contributed by atoms with Crippen LogP contribution >= 0.6 is 11.6 Å². The van der Waals surface area contributed by atoms with Gasteiger partial charge in [-0.25, -0.2) is 13.1 Å². The molecular formula is C11H10ClN3O2S. The van der Waals surface area contributed by atoms with Gasteiger partial charge in [0.05, 0.1) is 28.6 Å². The van der Waals surface area contributed by atoms with Gasteiger partial charge in [-0.3, -0.25) is 0 Å². The molecule has 0 aromatic heterocycles. The summed E-state index contributed by atoms with van der Waals surface area (Å²) < 4.78 is 26.1. The summed E-state index contributed by atoms with van der Waals surface area (Å²) in [5.74, 6) is -0.433. The molecule has 0 aliphatic heterocycles. The van der Waals surface area contributed by atoms with Crippen LogP contribution in [0.25, 0.3) is 0 Å². The van der Waals surface area contributed by atoms with Crippen molar-refractivity contribution in [3.63, 3.8) is 0 Å². The SMILES string of the molecule is CC(C#N)CNS(=O)(=O)c1ccc(C#N)cc1Cl. The van der Waals surface area contributed by atoms with Gasteiger partial charge in [0.15, 0.2) is 0 Å². The number of sulfonamides is 1. The van der Waals surface area contributed by atoms with Crippen molar-refractivity contribution >= 4 is 21.6 Å². The molecule has 0 amide bonds. The fraction of sp³-hybridized carbons (Fsp3) is 0.273. The van der Waals surface area contributed by atoms with E-state index in [1.54, 1.807) is 6.92 Å². The molecule has 7 heteroatoms.